The monoisotopic (exact) mass is 330 g/mol. The van der Waals surface area contributed by atoms with Gasteiger partial charge in [0.05, 0.1) is 0 Å². The number of rotatable bonds is 4. The number of nitrogens with zero attached hydrogens (tertiary/aromatic N) is 4. The maximum absolute atomic E-state index is 12.0. The summed E-state index contributed by atoms with van der Waals surface area (Å²) in [6.07, 6.45) is 4.08. The summed E-state index contributed by atoms with van der Waals surface area (Å²) in [7, 11) is 1.94. The van der Waals surface area contributed by atoms with E-state index in [4.69, 9.17) is 0 Å². The summed E-state index contributed by atoms with van der Waals surface area (Å²) < 4.78 is 1.92. The van der Waals surface area contributed by atoms with Crippen molar-refractivity contribution in [1.82, 2.24) is 19.7 Å². The first-order valence-electron chi connectivity index (χ1n) is 8.03. The van der Waals surface area contributed by atoms with Gasteiger partial charge in [0.25, 0.3) is 5.78 Å². The van der Waals surface area contributed by atoms with Gasteiger partial charge in [0.1, 0.15) is 17.8 Å². The quantitative estimate of drug-likeness (QED) is 0.545. The lowest BCUT2D eigenvalue weighted by molar-refractivity contribution is 0.105. The third-order valence-corrected chi connectivity index (χ3v) is 3.97. The second-order valence-electron chi connectivity index (χ2n) is 5.88. The van der Waals surface area contributed by atoms with Crippen LogP contribution in [0.5, 0.6) is 0 Å². The van der Waals surface area contributed by atoms with Crippen molar-refractivity contribution in [2.45, 2.75) is 19.3 Å². The van der Waals surface area contributed by atoms with Crippen molar-refractivity contribution < 1.29 is 4.79 Å². The molecule has 1 aromatic carbocycles. The second-order valence-corrected chi connectivity index (χ2v) is 5.88. The van der Waals surface area contributed by atoms with Crippen LogP contribution in [0.4, 0.5) is 0 Å². The number of benzene rings is 1. The lowest BCUT2D eigenvalue weighted by Gasteiger charge is -2.11. The normalized spacial score (nSPS) is 11.4. The smallest absolute Gasteiger partial charge is 0.254 e. The topological polar surface area (TPSA) is 60.7 Å². The summed E-state index contributed by atoms with van der Waals surface area (Å²) in [5, 5.41) is 8.04. The van der Waals surface area contributed by atoms with Crippen molar-refractivity contribution >= 4 is 5.78 Å². The predicted octanol–water partition coefficient (Wildman–Crippen LogP) is 2.79. The fourth-order valence-corrected chi connectivity index (χ4v) is 2.50. The average molecular weight is 330 g/mol. The zero-order valence-electron chi connectivity index (χ0n) is 14.2. The molecule has 0 N–H and O–H groups in total. The first-order valence-corrected chi connectivity index (χ1v) is 8.03. The first-order chi connectivity index (χ1) is 12.1. The molecule has 0 aliphatic rings. The molecule has 0 aliphatic heterocycles. The van der Waals surface area contributed by atoms with Crippen molar-refractivity contribution in [3.05, 3.63) is 77.6 Å². The number of aryl methyl sites for hydroxylation is 1. The molecule has 3 aromatic rings. The Morgan fingerprint density at radius 2 is 2.12 bits per heavy atom. The average Bonchev–Trinajstić information content (AvgIpc) is 3.05. The van der Waals surface area contributed by atoms with E-state index in [0.717, 1.165) is 23.4 Å². The molecule has 25 heavy (non-hydrogen) atoms. The molecule has 2 aromatic heterocycles. The third kappa shape index (κ3) is 4.18. The molecule has 0 saturated carbocycles. The Morgan fingerprint density at radius 1 is 1.24 bits per heavy atom. The molecule has 2 heterocycles. The number of aromatic nitrogens is 4. The fraction of sp³-hybridized carbons (Fsp3) is 0.200. The van der Waals surface area contributed by atoms with Gasteiger partial charge in [0.2, 0.25) is 0 Å². The van der Waals surface area contributed by atoms with E-state index in [1.165, 1.54) is 0 Å². The molecule has 0 amide bonds. The van der Waals surface area contributed by atoms with Gasteiger partial charge in [0.15, 0.2) is 0 Å². The summed E-state index contributed by atoms with van der Waals surface area (Å²) in [5.74, 6) is 6.53. The molecule has 0 spiro atoms. The van der Waals surface area contributed by atoms with Crippen molar-refractivity contribution in [2.75, 3.05) is 0 Å². The number of hydrogen-bond donors (Lipinski definition) is 0. The summed E-state index contributed by atoms with van der Waals surface area (Å²) in [5.41, 5.74) is 2.33. The van der Waals surface area contributed by atoms with Crippen LogP contribution >= 0.6 is 0 Å². The van der Waals surface area contributed by atoms with Gasteiger partial charge in [0, 0.05) is 25.2 Å². The van der Waals surface area contributed by atoms with E-state index >= 15 is 0 Å². The van der Waals surface area contributed by atoms with E-state index in [1.807, 2.05) is 29.8 Å². The largest absolute Gasteiger partial charge is 0.321 e. The van der Waals surface area contributed by atoms with Crippen LogP contribution in [-0.4, -0.2) is 25.5 Å². The molecule has 5 nitrogen and oxygen atoms in total. The highest BCUT2D eigenvalue weighted by molar-refractivity contribution is 6.07. The minimum absolute atomic E-state index is 0.274. The second kappa shape index (κ2) is 7.54. The summed E-state index contributed by atoms with van der Waals surface area (Å²) >= 11 is 0. The molecule has 0 saturated heterocycles. The molecule has 0 bridgehead atoms. The maximum atomic E-state index is 12.0. The Morgan fingerprint density at radius 3 is 2.84 bits per heavy atom. The van der Waals surface area contributed by atoms with Crippen LogP contribution in [0.1, 0.15) is 40.3 Å². The SMILES string of the molecule is C[C@H](Cc1nncn1C)c1cccc(C#CC(=O)c2ccccn2)c1. The maximum Gasteiger partial charge on any atom is 0.254 e. The number of hydrogen-bond acceptors (Lipinski definition) is 4. The van der Waals surface area contributed by atoms with Gasteiger partial charge in [-0.2, -0.15) is 0 Å². The van der Waals surface area contributed by atoms with Crippen LogP contribution < -0.4 is 0 Å². The van der Waals surface area contributed by atoms with E-state index in [0.29, 0.717) is 5.69 Å². The molecular formula is C20H18N4O. The van der Waals surface area contributed by atoms with E-state index < -0.39 is 0 Å². The number of ketones is 1. The molecule has 1 atom stereocenters. The summed E-state index contributed by atoms with van der Waals surface area (Å²) in [6.45, 7) is 2.14. The molecular weight excluding hydrogens is 312 g/mol. The van der Waals surface area contributed by atoms with Crippen LogP contribution in [0.3, 0.4) is 0 Å². The van der Waals surface area contributed by atoms with Crippen LogP contribution in [-0.2, 0) is 13.5 Å². The minimum Gasteiger partial charge on any atom is -0.321 e. The van der Waals surface area contributed by atoms with Gasteiger partial charge in [-0.25, -0.2) is 0 Å². The van der Waals surface area contributed by atoms with Gasteiger partial charge in [-0.1, -0.05) is 31.0 Å². The predicted molar refractivity (Wildman–Crippen MR) is 95.0 cm³/mol. The van der Waals surface area contributed by atoms with Gasteiger partial charge < -0.3 is 4.57 Å². The van der Waals surface area contributed by atoms with Crippen LogP contribution in [0.2, 0.25) is 0 Å². The molecule has 5 heteroatoms. The number of Topliss-reactive ketones (excluding diaryl/α,β-unsaturated/α-hetero) is 1. The summed E-state index contributed by atoms with van der Waals surface area (Å²) in [4.78, 5) is 16.1. The van der Waals surface area contributed by atoms with Gasteiger partial charge in [-0.05, 0) is 41.7 Å². The van der Waals surface area contributed by atoms with Crippen molar-refractivity contribution in [3.8, 4) is 11.8 Å². The molecule has 0 aliphatic carbocycles. The van der Waals surface area contributed by atoms with Gasteiger partial charge in [-0.15, -0.1) is 10.2 Å². The molecule has 0 radical (unpaired) electrons. The molecule has 0 unspecified atom stereocenters. The van der Waals surface area contributed by atoms with E-state index in [-0.39, 0.29) is 11.7 Å². The Bertz CT molecular complexity index is 935. The molecule has 124 valence electrons. The lowest BCUT2D eigenvalue weighted by atomic mass is 9.96. The van der Waals surface area contributed by atoms with Crippen LogP contribution in [0, 0.1) is 11.8 Å². The standard InChI is InChI=1S/C20H18N4O/c1-15(12-20-23-22-14-24(20)2)17-7-5-6-16(13-17)9-10-19(25)18-8-3-4-11-21-18/h3-8,11,13-15H,12H2,1-2H3/t15-/m1/s1. The van der Waals surface area contributed by atoms with Gasteiger partial charge >= 0.3 is 0 Å². The lowest BCUT2D eigenvalue weighted by Crippen LogP contribution is -2.04. The van der Waals surface area contributed by atoms with E-state index in [1.54, 1.807) is 30.7 Å². The van der Waals surface area contributed by atoms with Crippen molar-refractivity contribution in [2.24, 2.45) is 7.05 Å². The summed E-state index contributed by atoms with van der Waals surface area (Å²) in [6, 6.07) is 13.1. The van der Waals surface area contributed by atoms with Crippen molar-refractivity contribution in [1.29, 1.82) is 0 Å². The van der Waals surface area contributed by atoms with Crippen LogP contribution in [0.15, 0.2) is 55.0 Å². The first kappa shape index (κ1) is 16.6. The molecule has 0 fully saturated rings. The highest BCUT2D eigenvalue weighted by Crippen LogP contribution is 2.20. The minimum atomic E-state index is -0.280. The van der Waals surface area contributed by atoms with Crippen molar-refractivity contribution in [3.63, 3.8) is 0 Å². The third-order valence-electron chi connectivity index (χ3n) is 3.97. The highest BCUT2D eigenvalue weighted by Gasteiger charge is 2.10. The Kier molecular flexibility index (Phi) is 5.00. The highest BCUT2D eigenvalue weighted by atomic mass is 16.1. The Balaban J connectivity index is 1.75. The zero-order valence-corrected chi connectivity index (χ0v) is 14.2. The van der Waals surface area contributed by atoms with E-state index in [2.05, 4.69) is 40.0 Å². The van der Waals surface area contributed by atoms with Gasteiger partial charge in [-0.3, -0.25) is 9.78 Å². The zero-order chi connectivity index (χ0) is 17.6. The Hall–Kier alpha value is -3.26. The molecule has 3 rings (SSSR count). The number of pyridine rings is 1. The van der Waals surface area contributed by atoms with E-state index in [9.17, 15) is 4.79 Å². The Labute approximate surface area is 146 Å². The number of carbonyl (C=O) groups excluding carboxylic acids is 1. The fourth-order valence-electron chi connectivity index (χ4n) is 2.50. The van der Waals surface area contributed by atoms with Crippen LogP contribution in [0.25, 0.3) is 0 Å². The number of carbonyl (C=O) groups is 1.